The normalized spacial score (nSPS) is 23.6. The molecule has 1 aromatic rings. The zero-order valence-electron chi connectivity index (χ0n) is 12.0. The van der Waals surface area contributed by atoms with E-state index in [-0.39, 0.29) is 11.9 Å². The summed E-state index contributed by atoms with van der Waals surface area (Å²) in [6.07, 6.45) is 4.99. The average Bonchev–Trinajstić information content (AvgIpc) is 2.40. The predicted molar refractivity (Wildman–Crippen MR) is 76.6 cm³/mol. The van der Waals surface area contributed by atoms with Crippen molar-refractivity contribution in [3.63, 3.8) is 0 Å². The maximum atomic E-state index is 13.1. The summed E-state index contributed by atoms with van der Waals surface area (Å²) in [7, 11) is 0. The fourth-order valence-electron chi connectivity index (χ4n) is 2.99. The molecule has 1 nitrogen and oxygen atoms in total. The van der Waals surface area contributed by atoms with Crippen LogP contribution in [0.25, 0.3) is 0 Å². The first-order valence-corrected chi connectivity index (χ1v) is 7.39. The van der Waals surface area contributed by atoms with Crippen LogP contribution in [0.1, 0.15) is 44.6 Å². The zero-order chi connectivity index (χ0) is 14.8. The van der Waals surface area contributed by atoms with Gasteiger partial charge in [0.25, 0.3) is 0 Å². The van der Waals surface area contributed by atoms with Gasteiger partial charge < -0.3 is 17.7 Å². The van der Waals surface area contributed by atoms with E-state index in [1.54, 1.807) is 13.0 Å². The minimum atomic E-state index is -5.03. The molecule has 1 aliphatic rings. The van der Waals surface area contributed by atoms with E-state index in [1.165, 1.54) is 12.1 Å². The summed E-state index contributed by atoms with van der Waals surface area (Å²) in [4.78, 5) is 0. The highest BCUT2D eigenvalue weighted by molar-refractivity contribution is 6.74. The van der Waals surface area contributed by atoms with E-state index in [0.717, 1.165) is 32.1 Å². The van der Waals surface area contributed by atoms with Gasteiger partial charge in [0.15, 0.2) is 0 Å². The van der Waals surface area contributed by atoms with Gasteiger partial charge in [0, 0.05) is 0 Å². The van der Waals surface area contributed by atoms with Crippen molar-refractivity contribution >= 4 is 12.4 Å². The number of halogens is 3. The average molecular weight is 285 g/mol. The molecule has 1 fully saturated rings. The molecule has 2 unspecified atom stereocenters. The molecule has 0 bridgehead atoms. The molecule has 1 aliphatic carbocycles. The second-order valence-corrected chi connectivity index (χ2v) is 5.73. The summed E-state index contributed by atoms with van der Waals surface area (Å²) >= 11 is 0. The third kappa shape index (κ3) is 3.50. The minimum Gasteiger partial charge on any atom is -0.493 e. The molecule has 112 valence electrons. The Labute approximate surface area is 118 Å². The quantitative estimate of drug-likeness (QED) is 0.745. The summed E-state index contributed by atoms with van der Waals surface area (Å²) in [5.74, 6) is 0.382. The number of ether oxygens (including phenoxy) is 1. The van der Waals surface area contributed by atoms with Crippen LogP contribution in [0.5, 0.6) is 5.75 Å². The van der Waals surface area contributed by atoms with Crippen molar-refractivity contribution in [3.8, 4) is 5.75 Å². The van der Waals surface area contributed by atoms with Gasteiger partial charge in [0.05, 0.1) is 5.75 Å². The molecular weight excluding hydrogens is 264 g/mol. The Bertz CT molecular complexity index is 459. The molecule has 1 saturated carbocycles. The topological polar surface area (TPSA) is 9.23 Å². The van der Waals surface area contributed by atoms with Crippen LogP contribution in [-0.4, -0.2) is 13.1 Å². The molecule has 0 aliphatic heterocycles. The molecule has 0 saturated heterocycles. The standard InChI is InChI=1S/C15H21BF3O/c1-3-12-6-4-5-7-14(12)20-15-9-8-11(2)10-13(15)16(17,18)19/h8-10,12,14H,3-7H2,1-2H3/q-1. The van der Waals surface area contributed by atoms with Crippen molar-refractivity contribution in [1.29, 1.82) is 0 Å². The Morgan fingerprint density at radius 3 is 2.55 bits per heavy atom. The molecule has 0 aromatic heterocycles. The first kappa shape index (κ1) is 15.3. The number of hydrogen-bond acceptors (Lipinski definition) is 1. The van der Waals surface area contributed by atoms with Crippen molar-refractivity contribution in [2.75, 3.05) is 0 Å². The van der Waals surface area contributed by atoms with Gasteiger partial charge in [-0.25, -0.2) is 0 Å². The van der Waals surface area contributed by atoms with Gasteiger partial charge in [-0.3, -0.25) is 0 Å². The second-order valence-electron chi connectivity index (χ2n) is 5.73. The fourth-order valence-corrected chi connectivity index (χ4v) is 2.99. The van der Waals surface area contributed by atoms with Crippen LogP contribution in [0, 0.1) is 12.8 Å². The molecular formula is C15H21BF3O-. The predicted octanol–water partition coefficient (Wildman–Crippen LogP) is 4.40. The van der Waals surface area contributed by atoms with Crippen LogP contribution in [0.2, 0.25) is 0 Å². The second kappa shape index (κ2) is 6.11. The van der Waals surface area contributed by atoms with Crippen LogP contribution < -0.4 is 10.2 Å². The van der Waals surface area contributed by atoms with Gasteiger partial charge in [-0.1, -0.05) is 36.5 Å². The largest absolute Gasteiger partial charge is 0.513 e. The third-order valence-corrected chi connectivity index (χ3v) is 4.16. The Morgan fingerprint density at radius 1 is 1.20 bits per heavy atom. The fraction of sp³-hybridized carbons (Fsp3) is 0.600. The van der Waals surface area contributed by atoms with Crippen molar-refractivity contribution in [1.82, 2.24) is 0 Å². The number of rotatable bonds is 4. The molecule has 0 spiro atoms. The smallest absolute Gasteiger partial charge is 0.493 e. The van der Waals surface area contributed by atoms with Crippen LogP contribution in [0.15, 0.2) is 18.2 Å². The molecule has 0 amide bonds. The van der Waals surface area contributed by atoms with E-state index in [9.17, 15) is 12.9 Å². The van der Waals surface area contributed by atoms with Gasteiger partial charge in [-0.15, -0.1) is 0 Å². The van der Waals surface area contributed by atoms with E-state index >= 15 is 0 Å². The SMILES string of the molecule is CCC1CCCCC1Oc1ccc(C)cc1[B-](F)(F)F. The number of benzene rings is 1. The van der Waals surface area contributed by atoms with Crippen LogP contribution >= 0.6 is 0 Å². The summed E-state index contributed by atoms with van der Waals surface area (Å²) < 4.78 is 45.2. The molecule has 5 heteroatoms. The van der Waals surface area contributed by atoms with E-state index in [1.807, 2.05) is 0 Å². The lowest BCUT2D eigenvalue weighted by molar-refractivity contribution is 0.0911. The molecule has 2 atom stereocenters. The highest BCUT2D eigenvalue weighted by atomic mass is 19.4. The monoisotopic (exact) mass is 285 g/mol. The Balaban J connectivity index is 2.24. The Kier molecular flexibility index (Phi) is 4.66. The first-order chi connectivity index (χ1) is 9.41. The van der Waals surface area contributed by atoms with Crippen LogP contribution in [0.3, 0.4) is 0 Å². The van der Waals surface area contributed by atoms with Gasteiger partial charge in [-0.05, 0) is 44.6 Å². The molecule has 1 aromatic carbocycles. The van der Waals surface area contributed by atoms with E-state index in [0.29, 0.717) is 11.5 Å². The lowest BCUT2D eigenvalue weighted by Crippen LogP contribution is -2.38. The third-order valence-electron chi connectivity index (χ3n) is 4.16. The number of hydrogen-bond donors (Lipinski definition) is 0. The van der Waals surface area contributed by atoms with Crippen molar-refractivity contribution in [2.24, 2.45) is 5.92 Å². The van der Waals surface area contributed by atoms with E-state index < -0.39 is 12.4 Å². The molecule has 0 heterocycles. The zero-order valence-corrected chi connectivity index (χ0v) is 12.0. The molecule has 0 radical (unpaired) electrons. The summed E-state index contributed by atoms with van der Waals surface area (Å²) in [6.45, 7) is -1.28. The van der Waals surface area contributed by atoms with Crippen molar-refractivity contribution in [2.45, 2.75) is 52.1 Å². The Morgan fingerprint density at radius 2 is 1.90 bits per heavy atom. The van der Waals surface area contributed by atoms with Crippen LogP contribution in [0.4, 0.5) is 12.9 Å². The number of aryl methyl sites for hydroxylation is 1. The van der Waals surface area contributed by atoms with Crippen molar-refractivity contribution in [3.05, 3.63) is 23.8 Å². The summed E-state index contributed by atoms with van der Waals surface area (Å²) in [6, 6.07) is 4.35. The van der Waals surface area contributed by atoms with E-state index in [2.05, 4.69) is 6.92 Å². The summed E-state index contributed by atoms with van der Waals surface area (Å²) in [5, 5.41) is 0. The van der Waals surface area contributed by atoms with E-state index in [4.69, 9.17) is 4.74 Å². The van der Waals surface area contributed by atoms with Gasteiger partial charge >= 0.3 is 6.98 Å². The van der Waals surface area contributed by atoms with Crippen molar-refractivity contribution < 1.29 is 17.7 Å². The highest BCUT2D eigenvalue weighted by Gasteiger charge is 2.32. The highest BCUT2D eigenvalue weighted by Crippen LogP contribution is 2.31. The molecule has 2 rings (SSSR count). The van der Waals surface area contributed by atoms with Gasteiger partial charge in [0.2, 0.25) is 0 Å². The van der Waals surface area contributed by atoms with Gasteiger partial charge in [-0.2, -0.15) is 0 Å². The maximum Gasteiger partial charge on any atom is 0.513 e. The summed E-state index contributed by atoms with van der Waals surface area (Å²) in [5.41, 5.74) is 0.0210. The van der Waals surface area contributed by atoms with Gasteiger partial charge in [0.1, 0.15) is 6.10 Å². The lowest BCUT2D eigenvalue weighted by Gasteiger charge is -2.33. The molecule has 20 heavy (non-hydrogen) atoms. The maximum absolute atomic E-state index is 13.1. The Hall–Kier alpha value is -1.13. The lowest BCUT2D eigenvalue weighted by atomic mass is 9.78. The van der Waals surface area contributed by atoms with Crippen LogP contribution in [-0.2, 0) is 0 Å². The first-order valence-electron chi connectivity index (χ1n) is 7.39. The minimum absolute atomic E-state index is 0.00782. The molecule has 0 N–H and O–H groups in total.